The molecule has 0 N–H and O–H groups in total. The van der Waals surface area contributed by atoms with E-state index >= 15 is 0 Å². The number of benzene rings is 1. The molecule has 0 radical (unpaired) electrons. The van der Waals surface area contributed by atoms with Crippen LogP contribution >= 0.6 is 0 Å². The van der Waals surface area contributed by atoms with E-state index in [-0.39, 0.29) is 11.7 Å². The zero-order chi connectivity index (χ0) is 19.2. The summed E-state index contributed by atoms with van der Waals surface area (Å²) in [5, 5.41) is 13.0. The molecule has 1 saturated heterocycles. The van der Waals surface area contributed by atoms with Gasteiger partial charge in [-0.25, -0.2) is 9.18 Å². The third-order valence-corrected chi connectivity index (χ3v) is 4.50. The van der Waals surface area contributed by atoms with Crippen molar-refractivity contribution in [3.63, 3.8) is 0 Å². The van der Waals surface area contributed by atoms with E-state index in [9.17, 15) is 9.18 Å². The lowest BCUT2D eigenvalue weighted by molar-refractivity contribution is 0.0798. The Morgan fingerprint density at radius 2 is 2.11 bits per heavy atom. The van der Waals surface area contributed by atoms with E-state index in [1.54, 1.807) is 17.9 Å². The number of rotatable bonds is 5. The number of nitriles is 1. The SMILES string of the molecule is CCOC(=O)N1CCN(CCc2cc(-c3cc(C#N)ccc3F)on2)CC1. The summed E-state index contributed by atoms with van der Waals surface area (Å²) in [7, 11) is 0. The van der Waals surface area contributed by atoms with Crippen molar-refractivity contribution in [3.8, 4) is 17.4 Å². The van der Waals surface area contributed by atoms with E-state index in [1.165, 1.54) is 18.2 Å². The second-order valence-corrected chi connectivity index (χ2v) is 6.27. The van der Waals surface area contributed by atoms with E-state index < -0.39 is 5.82 Å². The van der Waals surface area contributed by atoms with Crippen molar-refractivity contribution in [1.82, 2.24) is 15.0 Å². The zero-order valence-corrected chi connectivity index (χ0v) is 15.2. The van der Waals surface area contributed by atoms with Gasteiger partial charge in [-0.1, -0.05) is 5.16 Å². The van der Waals surface area contributed by atoms with Crippen LogP contribution in [0, 0.1) is 17.1 Å². The third-order valence-electron chi connectivity index (χ3n) is 4.50. The summed E-state index contributed by atoms with van der Waals surface area (Å²) in [6.45, 7) is 5.74. The summed E-state index contributed by atoms with van der Waals surface area (Å²) in [6, 6.07) is 7.81. The number of piperazine rings is 1. The fraction of sp³-hybridized carbons (Fsp3) is 0.421. The molecule has 0 spiro atoms. The fourth-order valence-electron chi connectivity index (χ4n) is 2.98. The van der Waals surface area contributed by atoms with Crippen LogP contribution in [-0.4, -0.2) is 60.4 Å². The third kappa shape index (κ3) is 4.63. The number of halogens is 1. The number of carbonyl (C=O) groups excluding carboxylic acids is 1. The van der Waals surface area contributed by atoms with Crippen molar-refractivity contribution in [1.29, 1.82) is 5.26 Å². The fourth-order valence-corrected chi connectivity index (χ4v) is 2.98. The molecule has 7 nitrogen and oxygen atoms in total. The van der Waals surface area contributed by atoms with Crippen molar-refractivity contribution in [2.24, 2.45) is 0 Å². The predicted molar refractivity (Wildman–Crippen MR) is 95.4 cm³/mol. The molecule has 0 bridgehead atoms. The maximum absolute atomic E-state index is 14.0. The molecule has 1 aromatic heterocycles. The van der Waals surface area contributed by atoms with Gasteiger partial charge in [0.05, 0.1) is 29.5 Å². The first kappa shape index (κ1) is 18.9. The Balaban J connectivity index is 1.54. The monoisotopic (exact) mass is 372 g/mol. The quantitative estimate of drug-likeness (QED) is 0.802. The molecule has 27 heavy (non-hydrogen) atoms. The molecule has 142 valence electrons. The highest BCUT2D eigenvalue weighted by Gasteiger charge is 2.22. The summed E-state index contributed by atoms with van der Waals surface area (Å²) in [5.74, 6) is -0.140. The van der Waals surface area contributed by atoms with E-state index in [2.05, 4.69) is 10.1 Å². The number of hydrogen-bond donors (Lipinski definition) is 0. The highest BCUT2D eigenvalue weighted by atomic mass is 19.1. The van der Waals surface area contributed by atoms with Crippen LogP contribution in [0.25, 0.3) is 11.3 Å². The van der Waals surface area contributed by atoms with Crippen LogP contribution in [0.5, 0.6) is 0 Å². The number of hydrogen-bond acceptors (Lipinski definition) is 6. The highest BCUT2D eigenvalue weighted by Crippen LogP contribution is 2.25. The summed E-state index contributed by atoms with van der Waals surface area (Å²) in [5.41, 5.74) is 1.32. The molecule has 0 saturated carbocycles. The van der Waals surface area contributed by atoms with Crippen LogP contribution in [-0.2, 0) is 11.2 Å². The lowest BCUT2D eigenvalue weighted by atomic mass is 10.1. The Bertz CT molecular complexity index is 838. The predicted octanol–water partition coefficient (Wildman–Crippen LogP) is 2.67. The molecule has 2 aromatic rings. The standard InChI is InChI=1S/C19H21FN4O3/c1-2-26-19(25)24-9-7-23(8-10-24)6-5-15-12-18(27-22-15)16-11-14(13-21)3-4-17(16)20/h3-4,11-12H,2,5-10H2,1H3. The lowest BCUT2D eigenvalue weighted by Gasteiger charge is -2.33. The topological polar surface area (TPSA) is 82.6 Å². The van der Waals surface area contributed by atoms with Gasteiger partial charge in [0.2, 0.25) is 0 Å². The molecule has 1 aliphatic rings. The van der Waals surface area contributed by atoms with Crippen LogP contribution in [0.15, 0.2) is 28.8 Å². The second kappa shape index (κ2) is 8.64. The minimum absolute atomic E-state index is 0.232. The molecule has 0 unspecified atom stereocenters. The van der Waals surface area contributed by atoms with Crippen molar-refractivity contribution in [2.45, 2.75) is 13.3 Å². The van der Waals surface area contributed by atoms with Gasteiger partial charge in [0.25, 0.3) is 0 Å². The largest absolute Gasteiger partial charge is 0.450 e. The molecule has 1 amide bonds. The van der Waals surface area contributed by atoms with Gasteiger partial charge in [-0.15, -0.1) is 0 Å². The number of carbonyl (C=O) groups is 1. The van der Waals surface area contributed by atoms with Gasteiger partial charge in [-0.3, -0.25) is 4.90 Å². The van der Waals surface area contributed by atoms with Gasteiger partial charge in [-0.2, -0.15) is 5.26 Å². The Hall–Kier alpha value is -2.92. The normalized spacial score (nSPS) is 14.8. The minimum atomic E-state index is -0.452. The van der Waals surface area contributed by atoms with E-state index in [1.807, 2.05) is 6.07 Å². The van der Waals surface area contributed by atoms with Crippen molar-refractivity contribution >= 4 is 6.09 Å². The zero-order valence-electron chi connectivity index (χ0n) is 15.2. The number of nitrogens with zero attached hydrogens (tertiary/aromatic N) is 4. The average molecular weight is 372 g/mol. The summed E-state index contributed by atoms with van der Waals surface area (Å²) in [4.78, 5) is 15.7. The maximum Gasteiger partial charge on any atom is 0.409 e. The minimum Gasteiger partial charge on any atom is -0.450 e. The summed E-state index contributed by atoms with van der Waals surface area (Å²) < 4.78 is 24.3. The molecular weight excluding hydrogens is 351 g/mol. The average Bonchev–Trinajstić information content (AvgIpc) is 3.16. The van der Waals surface area contributed by atoms with Crippen LogP contribution in [0.4, 0.5) is 9.18 Å². The Kier molecular flexibility index (Phi) is 6.04. The number of aromatic nitrogens is 1. The van der Waals surface area contributed by atoms with Crippen molar-refractivity contribution in [3.05, 3.63) is 41.3 Å². The molecule has 3 rings (SSSR count). The first-order valence-electron chi connectivity index (χ1n) is 8.90. The first-order valence-corrected chi connectivity index (χ1v) is 8.90. The van der Waals surface area contributed by atoms with Crippen LogP contribution < -0.4 is 0 Å². The molecule has 1 aromatic carbocycles. The second-order valence-electron chi connectivity index (χ2n) is 6.27. The molecule has 8 heteroatoms. The van der Waals surface area contributed by atoms with Crippen molar-refractivity contribution < 1.29 is 18.4 Å². The summed E-state index contributed by atoms with van der Waals surface area (Å²) >= 11 is 0. The Morgan fingerprint density at radius 1 is 1.33 bits per heavy atom. The Morgan fingerprint density at radius 3 is 2.81 bits per heavy atom. The maximum atomic E-state index is 14.0. The highest BCUT2D eigenvalue weighted by molar-refractivity contribution is 5.67. The first-order chi connectivity index (χ1) is 13.1. The van der Waals surface area contributed by atoms with Crippen LogP contribution in [0.1, 0.15) is 18.2 Å². The van der Waals surface area contributed by atoms with Gasteiger partial charge >= 0.3 is 6.09 Å². The molecule has 0 aliphatic carbocycles. The van der Waals surface area contributed by atoms with Crippen molar-refractivity contribution in [2.75, 3.05) is 39.3 Å². The molecule has 1 fully saturated rings. The van der Waals surface area contributed by atoms with Gasteiger partial charge < -0.3 is 14.2 Å². The van der Waals surface area contributed by atoms with Crippen LogP contribution in [0.3, 0.4) is 0 Å². The lowest BCUT2D eigenvalue weighted by Crippen LogP contribution is -2.49. The smallest absolute Gasteiger partial charge is 0.409 e. The molecule has 1 aliphatic heterocycles. The molecular formula is C19H21FN4O3. The van der Waals surface area contributed by atoms with Gasteiger partial charge in [0, 0.05) is 45.2 Å². The summed E-state index contributed by atoms with van der Waals surface area (Å²) in [6.07, 6.45) is 0.391. The van der Waals surface area contributed by atoms with Gasteiger partial charge in [0.15, 0.2) is 5.76 Å². The molecule has 0 atom stereocenters. The van der Waals surface area contributed by atoms with E-state index in [0.717, 1.165) is 25.3 Å². The van der Waals surface area contributed by atoms with E-state index in [0.29, 0.717) is 37.4 Å². The number of amides is 1. The Labute approximate surface area is 156 Å². The van der Waals surface area contributed by atoms with Gasteiger partial charge in [0.1, 0.15) is 5.82 Å². The molecule has 2 heterocycles. The van der Waals surface area contributed by atoms with E-state index in [4.69, 9.17) is 14.5 Å². The van der Waals surface area contributed by atoms with Crippen LogP contribution in [0.2, 0.25) is 0 Å². The number of ether oxygens (including phenoxy) is 1. The van der Waals surface area contributed by atoms with Gasteiger partial charge in [-0.05, 0) is 25.1 Å².